The number of nitrogens with one attached hydrogen (secondary N) is 1. The topological polar surface area (TPSA) is 66.5 Å². The lowest BCUT2D eigenvalue weighted by Crippen LogP contribution is -2.48. The monoisotopic (exact) mass is 426 g/mol. The van der Waals surface area contributed by atoms with Crippen LogP contribution in [0.5, 0.6) is 0 Å². The van der Waals surface area contributed by atoms with Crippen molar-refractivity contribution in [2.45, 2.75) is 23.9 Å². The zero-order chi connectivity index (χ0) is 21.6. The van der Waals surface area contributed by atoms with Crippen LogP contribution < -0.4 is 4.72 Å². The first-order chi connectivity index (χ1) is 14.4. The molecule has 1 atom stereocenters. The van der Waals surface area contributed by atoms with Crippen molar-refractivity contribution in [1.29, 1.82) is 0 Å². The van der Waals surface area contributed by atoms with Crippen molar-refractivity contribution in [1.82, 2.24) is 9.62 Å². The lowest BCUT2D eigenvalue weighted by Gasteiger charge is -2.25. The number of hydrogen-bond donors (Lipinski definition) is 1. The lowest BCUT2D eigenvalue weighted by molar-refractivity contribution is -0.132. The second kappa shape index (κ2) is 9.65. The Bertz CT molecular complexity index is 1090. The van der Waals surface area contributed by atoms with Crippen LogP contribution in [0.15, 0.2) is 89.8 Å². The second-order valence-electron chi connectivity index (χ2n) is 6.97. The molecule has 3 aromatic carbocycles. The van der Waals surface area contributed by atoms with E-state index in [1.54, 1.807) is 7.05 Å². The molecule has 1 unspecified atom stereocenters. The molecule has 3 aromatic rings. The standard InChI is InChI=1S/C23H23FN2O3S/c1-26(17-19-12-6-3-7-13-19)23(27)21(16-18-10-4-2-5-11-18)25-30(28,29)22-15-9-8-14-20(22)24/h2-15,21,25H,16-17H2,1H3. The van der Waals surface area contributed by atoms with Crippen molar-refractivity contribution in [2.24, 2.45) is 0 Å². The SMILES string of the molecule is CN(Cc1ccccc1)C(=O)C(Cc1ccccc1)NS(=O)(=O)c1ccccc1F. The number of nitrogens with zero attached hydrogens (tertiary/aromatic N) is 1. The van der Waals surface area contributed by atoms with E-state index in [9.17, 15) is 17.6 Å². The molecule has 5 nitrogen and oxygen atoms in total. The van der Waals surface area contributed by atoms with Gasteiger partial charge in [0.25, 0.3) is 0 Å². The fraction of sp³-hybridized carbons (Fsp3) is 0.174. The van der Waals surface area contributed by atoms with Crippen molar-refractivity contribution in [2.75, 3.05) is 7.05 Å². The highest BCUT2D eigenvalue weighted by Gasteiger charge is 2.29. The molecule has 0 aliphatic heterocycles. The normalized spacial score (nSPS) is 12.3. The fourth-order valence-electron chi connectivity index (χ4n) is 3.14. The third kappa shape index (κ3) is 5.52. The largest absolute Gasteiger partial charge is 0.340 e. The molecule has 7 heteroatoms. The van der Waals surface area contributed by atoms with Crippen LogP contribution in [-0.4, -0.2) is 32.3 Å². The fourth-order valence-corrected chi connectivity index (χ4v) is 4.41. The summed E-state index contributed by atoms with van der Waals surface area (Å²) >= 11 is 0. The molecule has 3 rings (SSSR count). The van der Waals surface area contributed by atoms with Crippen LogP contribution in [0.2, 0.25) is 0 Å². The number of benzene rings is 3. The maximum absolute atomic E-state index is 14.1. The number of sulfonamides is 1. The molecule has 156 valence electrons. The number of carbonyl (C=O) groups is 1. The van der Waals surface area contributed by atoms with Crippen molar-refractivity contribution < 1.29 is 17.6 Å². The molecule has 1 N–H and O–H groups in total. The number of hydrogen-bond acceptors (Lipinski definition) is 3. The highest BCUT2D eigenvalue weighted by molar-refractivity contribution is 7.89. The maximum Gasteiger partial charge on any atom is 0.244 e. The Morgan fingerprint density at radius 1 is 0.900 bits per heavy atom. The van der Waals surface area contributed by atoms with Crippen LogP contribution in [0.4, 0.5) is 4.39 Å². The van der Waals surface area contributed by atoms with E-state index in [-0.39, 0.29) is 6.42 Å². The highest BCUT2D eigenvalue weighted by Crippen LogP contribution is 2.16. The third-order valence-electron chi connectivity index (χ3n) is 4.64. The third-order valence-corrected chi connectivity index (χ3v) is 6.15. The number of amides is 1. The van der Waals surface area contributed by atoms with Gasteiger partial charge in [-0.2, -0.15) is 4.72 Å². The molecule has 0 spiro atoms. The molecule has 0 saturated carbocycles. The maximum atomic E-state index is 14.1. The molecule has 0 radical (unpaired) electrons. The first kappa shape index (κ1) is 21.7. The predicted octanol–water partition coefficient (Wildman–Crippen LogP) is 3.37. The summed E-state index contributed by atoms with van der Waals surface area (Å²) in [5.41, 5.74) is 1.71. The Morgan fingerprint density at radius 3 is 2.03 bits per heavy atom. The summed E-state index contributed by atoms with van der Waals surface area (Å²) < 4.78 is 42.1. The molecule has 0 heterocycles. The lowest BCUT2D eigenvalue weighted by atomic mass is 10.1. The van der Waals surface area contributed by atoms with Crippen molar-refractivity contribution in [3.8, 4) is 0 Å². The predicted molar refractivity (Wildman–Crippen MR) is 114 cm³/mol. The number of halogens is 1. The Labute approximate surface area is 176 Å². The average molecular weight is 427 g/mol. The van der Waals surface area contributed by atoms with E-state index >= 15 is 0 Å². The van der Waals surface area contributed by atoms with Gasteiger partial charge in [-0.3, -0.25) is 4.79 Å². The molecule has 1 amide bonds. The van der Waals surface area contributed by atoms with Gasteiger partial charge in [0.15, 0.2) is 0 Å². The summed E-state index contributed by atoms with van der Waals surface area (Å²) in [7, 11) is -2.62. The van der Waals surface area contributed by atoms with E-state index in [2.05, 4.69) is 4.72 Å². The van der Waals surface area contributed by atoms with E-state index in [0.717, 1.165) is 17.2 Å². The number of carbonyl (C=O) groups excluding carboxylic acids is 1. The summed E-state index contributed by atoms with van der Waals surface area (Å²) in [5, 5.41) is 0. The molecule has 0 aliphatic rings. The van der Waals surface area contributed by atoms with Gasteiger partial charge in [-0.15, -0.1) is 0 Å². The molecule has 0 aromatic heterocycles. The zero-order valence-corrected chi connectivity index (χ0v) is 17.3. The summed E-state index contributed by atoms with van der Waals surface area (Å²) in [6.07, 6.45) is 0.145. The van der Waals surface area contributed by atoms with Crippen molar-refractivity contribution in [3.05, 3.63) is 102 Å². The first-order valence-corrected chi connectivity index (χ1v) is 10.9. The van der Waals surface area contributed by atoms with Gasteiger partial charge in [0.2, 0.25) is 15.9 Å². The van der Waals surface area contributed by atoms with Crippen molar-refractivity contribution >= 4 is 15.9 Å². The van der Waals surface area contributed by atoms with Gasteiger partial charge in [0.1, 0.15) is 16.8 Å². The van der Waals surface area contributed by atoms with Gasteiger partial charge < -0.3 is 4.90 Å². The minimum Gasteiger partial charge on any atom is -0.340 e. The molecule has 0 saturated heterocycles. The quantitative estimate of drug-likeness (QED) is 0.601. The summed E-state index contributed by atoms with van der Waals surface area (Å²) in [4.78, 5) is 14.1. The molecular formula is C23H23FN2O3S. The van der Waals surface area contributed by atoms with Crippen LogP contribution in [0, 0.1) is 5.82 Å². The average Bonchev–Trinajstić information content (AvgIpc) is 2.74. The second-order valence-corrected chi connectivity index (χ2v) is 8.66. The van der Waals surface area contributed by atoms with Crippen LogP contribution >= 0.6 is 0 Å². The Hall–Kier alpha value is -3.03. The Morgan fingerprint density at radius 2 is 1.43 bits per heavy atom. The minimum absolute atomic E-state index is 0.145. The first-order valence-electron chi connectivity index (χ1n) is 9.46. The zero-order valence-electron chi connectivity index (χ0n) is 16.5. The molecule has 0 fully saturated rings. The van der Waals surface area contributed by atoms with E-state index in [0.29, 0.717) is 6.54 Å². The van der Waals surface area contributed by atoms with E-state index in [4.69, 9.17) is 0 Å². The van der Waals surface area contributed by atoms with Gasteiger partial charge in [0.05, 0.1) is 0 Å². The van der Waals surface area contributed by atoms with Crippen LogP contribution in [0.3, 0.4) is 0 Å². The smallest absolute Gasteiger partial charge is 0.244 e. The Kier molecular flexibility index (Phi) is 6.97. The van der Waals surface area contributed by atoms with Gasteiger partial charge >= 0.3 is 0 Å². The summed E-state index contributed by atoms with van der Waals surface area (Å²) in [5.74, 6) is -1.27. The van der Waals surface area contributed by atoms with Gasteiger partial charge in [-0.05, 0) is 29.7 Å². The van der Waals surface area contributed by atoms with Crippen molar-refractivity contribution in [3.63, 3.8) is 0 Å². The van der Waals surface area contributed by atoms with E-state index < -0.39 is 32.7 Å². The van der Waals surface area contributed by atoms with Crippen LogP contribution in [0.1, 0.15) is 11.1 Å². The summed E-state index contributed by atoms with van der Waals surface area (Å²) in [6, 6.07) is 22.5. The van der Waals surface area contributed by atoms with E-state index in [1.807, 2.05) is 60.7 Å². The number of rotatable bonds is 8. The van der Waals surface area contributed by atoms with Crippen LogP contribution in [0.25, 0.3) is 0 Å². The van der Waals surface area contributed by atoms with Gasteiger partial charge in [-0.1, -0.05) is 72.8 Å². The van der Waals surface area contributed by atoms with Gasteiger partial charge in [0, 0.05) is 13.6 Å². The van der Waals surface area contributed by atoms with E-state index in [1.165, 1.54) is 23.1 Å². The molecule has 30 heavy (non-hydrogen) atoms. The van der Waals surface area contributed by atoms with Crippen LogP contribution in [-0.2, 0) is 27.8 Å². The van der Waals surface area contributed by atoms with Gasteiger partial charge in [-0.25, -0.2) is 12.8 Å². The summed E-state index contributed by atoms with van der Waals surface area (Å²) in [6.45, 7) is 0.326. The Balaban J connectivity index is 1.86. The highest BCUT2D eigenvalue weighted by atomic mass is 32.2. The number of likely N-dealkylation sites (N-methyl/N-ethyl adjacent to an activating group) is 1. The molecular weight excluding hydrogens is 403 g/mol. The minimum atomic E-state index is -4.23. The molecule has 0 bridgehead atoms. The molecule has 0 aliphatic carbocycles.